The molecule has 12 nitrogen and oxygen atoms in total. The number of carbonyl (C=O) groups is 5. The second-order valence-electron chi connectivity index (χ2n) is 13.6. The number of aryl methyl sites for hydroxylation is 1. The minimum atomic E-state index is -4.25. The first-order chi connectivity index (χ1) is 25.6. The smallest absolute Gasteiger partial charge is 0.408 e. The van der Waals surface area contributed by atoms with Crippen LogP contribution in [0, 0.1) is 6.92 Å². The van der Waals surface area contributed by atoms with Crippen LogP contribution >= 0.6 is 10.8 Å². The van der Waals surface area contributed by atoms with Gasteiger partial charge in [0.2, 0.25) is 20.7 Å². The lowest BCUT2D eigenvalue weighted by molar-refractivity contribution is -0.169. The highest BCUT2D eigenvalue weighted by Crippen LogP contribution is 2.40. The SMILES string of the molecule is CC(=O)C(C(=O)OC(c1ccccc1)c1ccccc1)N1C(=O)C(NC(=O)C(NC(=O)OC(C)(C)C)c2ccccc2)C1SS(=O)(=O)c1ccc(C)cc1. The van der Waals surface area contributed by atoms with Crippen molar-refractivity contribution in [1.82, 2.24) is 15.5 Å². The van der Waals surface area contributed by atoms with E-state index in [1.54, 1.807) is 131 Å². The molecular formula is C40H41N3O9S2. The van der Waals surface area contributed by atoms with Gasteiger partial charge in [-0.2, -0.15) is 0 Å². The van der Waals surface area contributed by atoms with Crippen LogP contribution < -0.4 is 10.6 Å². The molecule has 3 amide bonds. The molecule has 4 aromatic rings. The normalized spacial score (nSPS) is 16.8. The summed E-state index contributed by atoms with van der Waals surface area (Å²) >= 11 is 0. The number of esters is 1. The van der Waals surface area contributed by atoms with E-state index in [1.165, 1.54) is 12.1 Å². The lowest BCUT2D eigenvalue weighted by atomic mass is 9.98. The Balaban J connectivity index is 1.49. The second-order valence-corrected chi connectivity index (χ2v) is 17.6. The minimum absolute atomic E-state index is 0.0913. The molecule has 1 aliphatic rings. The van der Waals surface area contributed by atoms with Gasteiger partial charge in [-0.05, 0) is 63.4 Å². The van der Waals surface area contributed by atoms with E-state index in [2.05, 4.69) is 10.6 Å². The quantitative estimate of drug-likeness (QED) is 0.0754. The molecule has 0 aromatic heterocycles. The molecule has 1 aliphatic heterocycles. The lowest BCUT2D eigenvalue weighted by Gasteiger charge is -2.48. The van der Waals surface area contributed by atoms with E-state index < -0.39 is 73.7 Å². The highest BCUT2D eigenvalue weighted by molar-refractivity contribution is 8.72. The fraction of sp³-hybridized carbons (Fsp3) is 0.275. The molecule has 282 valence electrons. The van der Waals surface area contributed by atoms with Gasteiger partial charge in [-0.15, -0.1) is 0 Å². The predicted molar refractivity (Wildman–Crippen MR) is 202 cm³/mol. The van der Waals surface area contributed by atoms with Crippen LogP contribution in [-0.2, 0) is 37.5 Å². The molecule has 54 heavy (non-hydrogen) atoms. The molecule has 0 spiro atoms. The number of alkyl carbamates (subject to hydrolysis) is 1. The average Bonchev–Trinajstić information content (AvgIpc) is 3.13. The van der Waals surface area contributed by atoms with Crippen molar-refractivity contribution in [2.24, 2.45) is 0 Å². The summed E-state index contributed by atoms with van der Waals surface area (Å²) in [5.41, 5.74) is 1.45. The molecule has 1 heterocycles. The van der Waals surface area contributed by atoms with Crippen LogP contribution in [0.25, 0.3) is 0 Å². The van der Waals surface area contributed by atoms with Crippen molar-refractivity contribution >= 4 is 49.3 Å². The maximum absolute atomic E-state index is 14.1. The summed E-state index contributed by atoms with van der Waals surface area (Å²) < 4.78 is 39.0. The van der Waals surface area contributed by atoms with E-state index in [1.807, 2.05) is 0 Å². The van der Waals surface area contributed by atoms with E-state index >= 15 is 0 Å². The number of carbonyl (C=O) groups excluding carboxylic acids is 5. The summed E-state index contributed by atoms with van der Waals surface area (Å²) in [6, 6.07) is 27.0. The summed E-state index contributed by atoms with van der Waals surface area (Å²) in [6.07, 6.45) is -1.88. The minimum Gasteiger partial charge on any atom is -0.451 e. The van der Waals surface area contributed by atoms with Gasteiger partial charge in [0.15, 0.2) is 17.9 Å². The summed E-state index contributed by atoms with van der Waals surface area (Å²) in [6.45, 7) is 7.84. The third-order valence-electron chi connectivity index (χ3n) is 8.29. The Bertz CT molecular complexity index is 2050. The Morgan fingerprint density at radius 1 is 0.778 bits per heavy atom. The van der Waals surface area contributed by atoms with Crippen molar-refractivity contribution in [3.63, 3.8) is 0 Å². The molecule has 0 aliphatic carbocycles. The summed E-state index contributed by atoms with van der Waals surface area (Å²) in [4.78, 5) is 68.9. The van der Waals surface area contributed by atoms with Crippen molar-refractivity contribution < 1.29 is 41.9 Å². The molecule has 4 atom stereocenters. The van der Waals surface area contributed by atoms with Gasteiger partial charge in [-0.3, -0.25) is 14.4 Å². The van der Waals surface area contributed by atoms with Crippen LogP contribution in [0.4, 0.5) is 4.79 Å². The van der Waals surface area contributed by atoms with Crippen LogP contribution in [0.3, 0.4) is 0 Å². The van der Waals surface area contributed by atoms with E-state index in [0.29, 0.717) is 27.5 Å². The zero-order chi connectivity index (χ0) is 39.2. The van der Waals surface area contributed by atoms with Gasteiger partial charge in [0.05, 0.1) is 4.90 Å². The number of nitrogens with one attached hydrogen (secondary N) is 2. The highest BCUT2D eigenvalue weighted by Gasteiger charge is 2.57. The van der Waals surface area contributed by atoms with Gasteiger partial charge >= 0.3 is 12.1 Å². The number of β-lactam (4-membered cyclic amide) rings is 1. The van der Waals surface area contributed by atoms with Gasteiger partial charge in [0.1, 0.15) is 23.1 Å². The topological polar surface area (TPSA) is 165 Å². The van der Waals surface area contributed by atoms with Gasteiger partial charge in [-0.1, -0.05) is 109 Å². The molecule has 1 fully saturated rings. The molecule has 0 radical (unpaired) electrons. The van der Waals surface area contributed by atoms with Crippen molar-refractivity contribution in [2.45, 2.75) is 74.7 Å². The number of amides is 3. The first-order valence-electron chi connectivity index (χ1n) is 17.0. The Labute approximate surface area is 317 Å². The summed E-state index contributed by atoms with van der Waals surface area (Å²) in [7, 11) is -3.95. The van der Waals surface area contributed by atoms with Crippen LogP contribution in [0.1, 0.15) is 62.1 Å². The van der Waals surface area contributed by atoms with Crippen molar-refractivity contribution in [2.75, 3.05) is 0 Å². The molecule has 4 unspecified atom stereocenters. The third kappa shape index (κ3) is 9.54. The Morgan fingerprint density at radius 3 is 1.76 bits per heavy atom. The number of hydrogen-bond donors (Lipinski definition) is 2. The standard InChI is InChI=1S/C40H41N3O9S2/c1-25-21-23-30(24-22-25)54(49,50)53-37-32(41-35(45)31(27-15-9-6-10-16-27)42-39(48)52-40(3,4)5)36(46)43(37)33(26(2)44)38(47)51-34(28-17-11-7-12-18-28)29-19-13-8-14-20-29/h6-24,31-34,37H,1-5H3,(H,41,45)(H,42,48). The van der Waals surface area contributed by atoms with Crippen LogP contribution in [0.5, 0.6) is 0 Å². The number of rotatable bonds is 13. The fourth-order valence-electron chi connectivity index (χ4n) is 5.73. The summed E-state index contributed by atoms with van der Waals surface area (Å²) in [5.74, 6) is -3.65. The maximum atomic E-state index is 14.1. The fourth-order valence-corrected chi connectivity index (χ4v) is 9.24. The zero-order valence-corrected chi connectivity index (χ0v) is 31.9. The number of Topliss-reactive ketones (excluding diaryl/α,β-unsaturated/α-hetero) is 1. The maximum Gasteiger partial charge on any atom is 0.408 e. The molecule has 2 N–H and O–H groups in total. The number of benzene rings is 4. The number of ether oxygens (including phenoxy) is 2. The molecular weight excluding hydrogens is 731 g/mol. The largest absolute Gasteiger partial charge is 0.451 e. The molecule has 1 saturated heterocycles. The van der Waals surface area contributed by atoms with Crippen LogP contribution in [0.15, 0.2) is 120 Å². The van der Waals surface area contributed by atoms with Crippen LogP contribution in [0.2, 0.25) is 0 Å². The van der Waals surface area contributed by atoms with Gasteiger partial charge in [0.25, 0.3) is 0 Å². The van der Waals surface area contributed by atoms with E-state index in [4.69, 9.17) is 9.47 Å². The molecule has 4 aromatic carbocycles. The molecule has 14 heteroatoms. The van der Waals surface area contributed by atoms with Crippen molar-refractivity contribution in [3.05, 3.63) is 138 Å². The number of nitrogens with zero attached hydrogens (tertiary/aromatic N) is 1. The van der Waals surface area contributed by atoms with Crippen molar-refractivity contribution in [1.29, 1.82) is 0 Å². The highest BCUT2D eigenvalue weighted by atomic mass is 33.1. The number of ketones is 1. The van der Waals surface area contributed by atoms with Gasteiger partial charge < -0.3 is 25.0 Å². The molecule has 5 rings (SSSR count). The van der Waals surface area contributed by atoms with Crippen LogP contribution in [-0.4, -0.2) is 66.0 Å². The Hall–Kier alpha value is -5.47. The second kappa shape index (κ2) is 16.7. The van der Waals surface area contributed by atoms with E-state index in [0.717, 1.165) is 17.4 Å². The monoisotopic (exact) mass is 771 g/mol. The van der Waals surface area contributed by atoms with Gasteiger partial charge in [0, 0.05) is 10.8 Å². The predicted octanol–water partition coefficient (Wildman–Crippen LogP) is 5.63. The number of hydrogen-bond acceptors (Lipinski definition) is 10. The lowest BCUT2D eigenvalue weighted by Crippen LogP contribution is -2.74. The van der Waals surface area contributed by atoms with Crippen molar-refractivity contribution in [3.8, 4) is 0 Å². The van der Waals surface area contributed by atoms with E-state index in [9.17, 15) is 32.4 Å². The first-order valence-corrected chi connectivity index (χ1v) is 19.9. The number of likely N-dealkylation sites (tertiary alicyclic amines) is 1. The molecule has 0 saturated carbocycles. The zero-order valence-electron chi connectivity index (χ0n) is 30.3. The molecule has 0 bridgehead atoms. The third-order valence-corrected chi connectivity index (χ3v) is 12.0. The Morgan fingerprint density at radius 2 is 1.28 bits per heavy atom. The van der Waals surface area contributed by atoms with E-state index in [-0.39, 0.29) is 4.90 Å². The first kappa shape index (κ1) is 39.7. The summed E-state index contributed by atoms with van der Waals surface area (Å²) in [5, 5.41) is 3.62. The average molecular weight is 772 g/mol. The van der Waals surface area contributed by atoms with Gasteiger partial charge in [-0.25, -0.2) is 18.0 Å². The Kier molecular flexibility index (Phi) is 12.3.